The van der Waals surface area contributed by atoms with Gasteiger partial charge in [-0.25, -0.2) is 0 Å². The number of benzene rings is 2. The van der Waals surface area contributed by atoms with E-state index in [1.165, 1.54) is 13.0 Å². The number of carbonyl (C=O) groups is 2. The van der Waals surface area contributed by atoms with E-state index >= 15 is 0 Å². The van der Waals surface area contributed by atoms with Gasteiger partial charge in [0.05, 0.1) is 13.2 Å². The van der Waals surface area contributed by atoms with E-state index in [-0.39, 0.29) is 17.8 Å². The monoisotopic (exact) mass is 353 g/mol. The highest BCUT2D eigenvalue weighted by molar-refractivity contribution is 6.02. The molecule has 26 heavy (non-hydrogen) atoms. The second kappa shape index (κ2) is 8.85. The molecule has 2 aromatic rings. The number of ether oxygens (including phenoxy) is 2. The van der Waals surface area contributed by atoms with Crippen molar-refractivity contribution in [1.29, 1.82) is 0 Å². The molecule has 0 unspecified atom stereocenters. The average Bonchev–Trinajstić information content (AvgIpc) is 2.60. The number of nitrogens with one attached hydrogen (secondary N) is 1. The third-order valence-electron chi connectivity index (χ3n) is 3.54. The van der Waals surface area contributed by atoms with Gasteiger partial charge in [-0.15, -0.1) is 0 Å². The molecule has 5 nitrogen and oxygen atoms in total. The van der Waals surface area contributed by atoms with Gasteiger partial charge in [0.25, 0.3) is 0 Å². The molecule has 2 aromatic carbocycles. The number of anilines is 1. The van der Waals surface area contributed by atoms with E-state index in [2.05, 4.69) is 5.32 Å². The van der Waals surface area contributed by atoms with Gasteiger partial charge in [0.1, 0.15) is 0 Å². The SMILES string of the molecule is COc1cc(C=CC(=O)Nc2ccc(C(C)=O)cc2)ccc1OC(C)C. The smallest absolute Gasteiger partial charge is 0.248 e. The number of hydrogen-bond acceptors (Lipinski definition) is 4. The van der Waals surface area contributed by atoms with E-state index < -0.39 is 0 Å². The van der Waals surface area contributed by atoms with Crippen molar-refractivity contribution in [2.24, 2.45) is 0 Å². The molecule has 0 fully saturated rings. The fraction of sp³-hybridized carbons (Fsp3) is 0.238. The highest BCUT2D eigenvalue weighted by atomic mass is 16.5. The van der Waals surface area contributed by atoms with Gasteiger partial charge in [-0.3, -0.25) is 9.59 Å². The largest absolute Gasteiger partial charge is 0.493 e. The Hall–Kier alpha value is -3.08. The summed E-state index contributed by atoms with van der Waals surface area (Å²) in [5.74, 6) is 0.999. The first-order valence-electron chi connectivity index (χ1n) is 8.34. The van der Waals surface area contributed by atoms with Crippen LogP contribution in [0.3, 0.4) is 0 Å². The summed E-state index contributed by atoms with van der Waals surface area (Å²) in [5.41, 5.74) is 2.05. The lowest BCUT2D eigenvalue weighted by Crippen LogP contribution is -2.08. The summed E-state index contributed by atoms with van der Waals surface area (Å²) < 4.78 is 11.0. The minimum Gasteiger partial charge on any atom is -0.493 e. The Kier molecular flexibility index (Phi) is 6.55. The maximum atomic E-state index is 12.1. The zero-order valence-electron chi connectivity index (χ0n) is 15.4. The van der Waals surface area contributed by atoms with Crippen LogP contribution in [0.15, 0.2) is 48.5 Å². The third kappa shape index (κ3) is 5.48. The minimum atomic E-state index is -0.262. The average molecular weight is 353 g/mol. The van der Waals surface area contributed by atoms with Crippen LogP contribution in [0.25, 0.3) is 6.08 Å². The number of hydrogen-bond donors (Lipinski definition) is 1. The van der Waals surface area contributed by atoms with E-state index in [1.54, 1.807) is 37.5 Å². The summed E-state index contributed by atoms with van der Waals surface area (Å²) in [5, 5.41) is 2.75. The molecule has 0 spiro atoms. The molecule has 0 aliphatic carbocycles. The maximum absolute atomic E-state index is 12.1. The van der Waals surface area contributed by atoms with Gasteiger partial charge in [0.15, 0.2) is 17.3 Å². The fourth-order valence-corrected chi connectivity index (χ4v) is 2.28. The summed E-state index contributed by atoms with van der Waals surface area (Å²) in [6.07, 6.45) is 3.18. The van der Waals surface area contributed by atoms with Gasteiger partial charge in [0, 0.05) is 17.3 Å². The summed E-state index contributed by atoms with van der Waals surface area (Å²) in [7, 11) is 1.58. The second-order valence-electron chi connectivity index (χ2n) is 6.03. The minimum absolute atomic E-state index is 0.0124. The van der Waals surface area contributed by atoms with Gasteiger partial charge < -0.3 is 14.8 Å². The molecule has 0 aliphatic rings. The molecule has 1 amide bonds. The quantitative estimate of drug-likeness (QED) is 0.594. The first kappa shape index (κ1) is 19.2. The summed E-state index contributed by atoms with van der Waals surface area (Å²) in [6.45, 7) is 5.39. The van der Waals surface area contributed by atoms with E-state index in [1.807, 2.05) is 32.0 Å². The number of methoxy groups -OCH3 is 1. The Labute approximate surface area is 153 Å². The molecule has 0 atom stereocenters. The van der Waals surface area contributed by atoms with Crippen LogP contribution in [0.1, 0.15) is 36.7 Å². The van der Waals surface area contributed by atoms with Crippen molar-refractivity contribution >= 4 is 23.5 Å². The van der Waals surface area contributed by atoms with Crippen molar-refractivity contribution in [2.75, 3.05) is 12.4 Å². The van der Waals surface area contributed by atoms with Crippen LogP contribution in [0, 0.1) is 0 Å². The van der Waals surface area contributed by atoms with E-state index in [9.17, 15) is 9.59 Å². The highest BCUT2D eigenvalue weighted by Crippen LogP contribution is 2.29. The van der Waals surface area contributed by atoms with Crippen molar-refractivity contribution in [3.63, 3.8) is 0 Å². The van der Waals surface area contributed by atoms with Crippen LogP contribution in [0.2, 0.25) is 0 Å². The summed E-state index contributed by atoms with van der Waals surface area (Å²) in [4.78, 5) is 23.3. The molecule has 0 bridgehead atoms. The second-order valence-corrected chi connectivity index (χ2v) is 6.03. The van der Waals surface area contributed by atoms with Crippen molar-refractivity contribution in [3.8, 4) is 11.5 Å². The third-order valence-corrected chi connectivity index (χ3v) is 3.54. The van der Waals surface area contributed by atoms with Crippen LogP contribution in [-0.2, 0) is 4.79 Å². The van der Waals surface area contributed by atoms with Crippen molar-refractivity contribution in [3.05, 3.63) is 59.7 Å². The Morgan fingerprint density at radius 3 is 2.31 bits per heavy atom. The highest BCUT2D eigenvalue weighted by Gasteiger charge is 2.07. The molecular weight excluding hydrogens is 330 g/mol. The summed E-state index contributed by atoms with van der Waals surface area (Å²) >= 11 is 0. The van der Waals surface area contributed by atoms with E-state index in [0.717, 1.165) is 5.56 Å². The number of carbonyl (C=O) groups excluding carboxylic acids is 2. The normalized spacial score (nSPS) is 10.8. The first-order chi connectivity index (χ1) is 12.4. The zero-order valence-corrected chi connectivity index (χ0v) is 15.4. The Morgan fingerprint density at radius 2 is 1.73 bits per heavy atom. The van der Waals surface area contributed by atoms with Gasteiger partial charge >= 0.3 is 0 Å². The molecule has 5 heteroatoms. The number of Topliss-reactive ketones (excluding diaryl/α,β-unsaturated/α-hetero) is 1. The Balaban J connectivity index is 2.04. The fourth-order valence-electron chi connectivity index (χ4n) is 2.28. The molecule has 0 saturated heterocycles. The summed E-state index contributed by atoms with van der Waals surface area (Å²) in [6, 6.07) is 12.2. The predicted molar refractivity (Wildman–Crippen MR) is 103 cm³/mol. The Morgan fingerprint density at radius 1 is 1.04 bits per heavy atom. The van der Waals surface area contributed by atoms with Gasteiger partial charge in [0.2, 0.25) is 5.91 Å². The van der Waals surface area contributed by atoms with Crippen molar-refractivity contribution in [1.82, 2.24) is 0 Å². The lowest BCUT2D eigenvalue weighted by Gasteiger charge is -2.13. The first-order valence-corrected chi connectivity index (χ1v) is 8.34. The van der Waals surface area contributed by atoms with Gasteiger partial charge in [-0.2, -0.15) is 0 Å². The lowest BCUT2D eigenvalue weighted by atomic mass is 10.1. The van der Waals surface area contributed by atoms with Gasteiger partial charge in [-0.1, -0.05) is 6.07 Å². The van der Waals surface area contributed by atoms with E-state index in [4.69, 9.17) is 9.47 Å². The van der Waals surface area contributed by atoms with Crippen LogP contribution in [0.5, 0.6) is 11.5 Å². The maximum Gasteiger partial charge on any atom is 0.248 e. The Bertz CT molecular complexity index is 807. The van der Waals surface area contributed by atoms with Crippen LogP contribution >= 0.6 is 0 Å². The molecule has 136 valence electrons. The molecule has 0 radical (unpaired) electrons. The molecular formula is C21H23NO4. The van der Waals surface area contributed by atoms with Crippen molar-refractivity contribution in [2.45, 2.75) is 26.9 Å². The standard InChI is InChI=1S/C21H23NO4/c1-14(2)26-19-11-5-16(13-20(19)25-4)6-12-21(24)22-18-9-7-17(8-10-18)15(3)23/h5-14H,1-4H3,(H,22,24). The number of rotatable bonds is 7. The van der Waals surface area contributed by atoms with Crippen molar-refractivity contribution < 1.29 is 19.1 Å². The number of amides is 1. The van der Waals surface area contributed by atoms with E-state index in [0.29, 0.717) is 22.7 Å². The molecule has 2 rings (SSSR count). The number of ketones is 1. The van der Waals surface area contributed by atoms with Crippen LogP contribution in [-0.4, -0.2) is 24.9 Å². The molecule has 0 aliphatic heterocycles. The van der Waals surface area contributed by atoms with Crippen LogP contribution < -0.4 is 14.8 Å². The van der Waals surface area contributed by atoms with Crippen LogP contribution in [0.4, 0.5) is 5.69 Å². The predicted octanol–water partition coefficient (Wildman–Crippen LogP) is 4.34. The van der Waals surface area contributed by atoms with Gasteiger partial charge in [-0.05, 0) is 68.8 Å². The molecule has 0 heterocycles. The molecule has 1 N–H and O–H groups in total. The topological polar surface area (TPSA) is 64.6 Å². The lowest BCUT2D eigenvalue weighted by molar-refractivity contribution is -0.111. The molecule has 0 saturated carbocycles. The zero-order chi connectivity index (χ0) is 19.1. The molecule has 0 aromatic heterocycles.